The van der Waals surface area contributed by atoms with Crippen LogP contribution in [0.4, 0.5) is 0 Å². The van der Waals surface area contributed by atoms with Crippen molar-refractivity contribution in [1.29, 1.82) is 0 Å². The molecular weight excluding hydrogens is 394 g/mol. The van der Waals surface area contributed by atoms with Gasteiger partial charge in [-0.2, -0.15) is 0 Å². The minimum Gasteiger partial charge on any atom is -0.497 e. The fraction of sp³-hybridized carbons (Fsp3) is 0.190. The summed E-state index contributed by atoms with van der Waals surface area (Å²) in [6.45, 7) is 3.35. The number of aromatic nitrogens is 1. The molecule has 0 spiro atoms. The number of hydrogen-bond donors (Lipinski definition) is 1. The highest BCUT2D eigenvalue weighted by molar-refractivity contribution is 8.01. The molecule has 7 heteroatoms. The quantitative estimate of drug-likeness (QED) is 0.421. The molecule has 3 rings (SSSR count). The third-order valence-electron chi connectivity index (χ3n) is 4.11. The average molecular weight is 414 g/mol. The Morgan fingerprint density at radius 3 is 2.25 bits per heavy atom. The average Bonchev–Trinajstić information content (AvgIpc) is 3.12. The van der Waals surface area contributed by atoms with Crippen LogP contribution in [0.1, 0.15) is 24.3 Å². The van der Waals surface area contributed by atoms with E-state index in [0.29, 0.717) is 5.69 Å². The van der Waals surface area contributed by atoms with Crippen molar-refractivity contribution in [1.82, 2.24) is 4.98 Å². The molecular formula is C21H19NO4S2. The minimum atomic E-state index is -0.908. The molecule has 0 aliphatic carbocycles. The number of carbonyl (C=O) groups is 2. The zero-order chi connectivity index (χ0) is 20.3. The molecule has 0 aliphatic heterocycles. The van der Waals surface area contributed by atoms with E-state index in [9.17, 15) is 14.7 Å². The summed E-state index contributed by atoms with van der Waals surface area (Å²) >= 11 is 2.73. The number of nitrogens with zero attached hydrogens (tertiary/aromatic N) is 1. The predicted octanol–water partition coefficient (Wildman–Crippen LogP) is 5.25. The van der Waals surface area contributed by atoms with Crippen molar-refractivity contribution < 1.29 is 19.4 Å². The summed E-state index contributed by atoms with van der Waals surface area (Å²) in [7, 11) is 1.61. The van der Waals surface area contributed by atoms with E-state index in [4.69, 9.17) is 4.74 Å². The number of carbonyl (C=O) groups excluding carboxylic acids is 1. The van der Waals surface area contributed by atoms with Crippen LogP contribution in [0.5, 0.6) is 5.75 Å². The molecule has 0 radical (unpaired) electrons. The molecule has 2 aromatic carbocycles. The van der Waals surface area contributed by atoms with E-state index in [1.54, 1.807) is 21.0 Å². The van der Waals surface area contributed by atoms with Gasteiger partial charge in [0, 0.05) is 10.5 Å². The van der Waals surface area contributed by atoms with Crippen LogP contribution in [0, 0.1) is 0 Å². The summed E-state index contributed by atoms with van der Waals surface area (Å²) in [6, 6.07) is 15.0. The van der Waals surface area contributed by atoms with Crippen molar-refractivity contribution in [3.05, 3.63) is 54.2 Å². The number of rotatable bonds is 7. The number of hydrogen-bond acceptors (Lipinski definition) is 6. The van der Waals surface area contributed by atoms with Crippen molar-refractivity contribution in [3.8, 4) is 26.8 Å². The second kappa shape index (κ2) is 8.16. The van der Waals surface area contributed by atoms with Crippen molar-refractivity contribution in [2.75, 3.05) is 7.11 Å². The van der Waals surface area contributed by atoms with Crippen LogP contribution < -0.4 is 4.74 Å². The normalized spacial score (nSPS) is 11.2. The van der Waals surface area contributed by atoms with Crippen LogP contribution >= 0.6 is 23.1 Å². The first-order valence-corrected chi connectivity index (χ1v) is 10.1. The van der Waals surface area contributed by atoms with Gasteiger partial charge in [0.1, 0.15) is 21.2 Å². The number of benzene rings is 2. The highest BCUT2D eigenvalue weighted by Crippen LogP contribution is 2.37. The lowest BCUT2D eigenvalue weighted by Crippen LogP contribution is -2.26. The van der Waals surface area contributed by atoms with E-state index >= 15 is 0 Å². The summed E-state index contributed by atoms with van der Waals surface area (Å²) in [4.78, 5) is 28.9. The van der Waals surface area contributed by atoms with Crippen molar-refractivity contribution >= 4 is 35.4 Å². The molecule has 28 heavy (non-hydrogen) atoms. The van der Waals surface area contributed by atoms with Gasteiger partial charge in [0.05, 0.1) is 12.0 Å². The standard InChI is InChI=1S/C21H19NO4S2/c1-21(2,20(24)25)28-16-10-6-14(7-11-16)19-22-17(12-23)18(27-19)13-4-8-15(26-3)9-5-13/h4-12H,1-3H3,(H,24,25). The van der Waals surface area contributed by atoms with E-state index in [1.807, 2.05) is 48.5 Å². The minimum absolute atomic E-state index is 0.399. The van der Waals surface area contributed by atoms with Crippen LogP contribution in [0.15, 0.2) is 53.4 Å². The highest BCUT2D eigenvalue weighted by Gasteiger charge is 2.28. The molecule has 0 saturated carbocycles. The number of thioether (sulfide) groups is 1. The third-order valence-corrected chi connectivity index (χ3v) is 6.47. The van der Waals surface area contributed by atoms with Gasteiger partial charge in [0.25, 0.3) is 0 Å². The highest BCUT2D eigenvalue weighted by atomic mass is 32.2. The number of methoxy groups -OCH3 is 1. The maximum absolute atomic E-state index is 11.5. The number of carboxylic acid groups (broad SMARTS) is 1. The predicted molar refractivity (Wildman–Crippen MR) is 112 cm³/mol. The molecule has 0 unspecified atom stereocenters. The Balaban J connectivity index is 1.89. The monoisotopic (exact) mass is 413 g/mol. The lowest BCUT2D eigenvalue weighted by molar-refractivity contribution is -0.138. The van der Waals surface area contributed by atoms with E-state index in [2.05, 4.69) is 4.98 Å². The molecule has 0 amide bonds. The summed E-state index contributed by atoms with van der Waals surface area (Å²) in [5.41, 5.74) is 2.18. The van der Waals surface area contributed by atoms with Crippen molar-refractivity contribution in [3.63, 3.8) is 0 Å². The molecule has 3 aromatic rings. The molecule has 0 atom stereocenters. The van der Waals surface area contributed by atoms with Gasteiger partial charge in [0.15, 0.2) is 6.29 Å². The zero-order valence-corrected chi connectivity index (χ0v) is 17.3. The van der Waals surface area contributed by atoms with Gasteiger partial charge in [-0.25, -0.2) is 4.98 Å². The van der Waals surface area contributed by atoms with Gasteiger partial charge in [0.2, 0.25) is 0 Å². The Labute approximate surface area is 171 Å². The Hall–Kier alpha value is -2.64. The fourth-order valence-electron chi connectivity index (χ4n) is 2.49. The number of ether oxygens (including phenoxy) is 1. The third kappa shape index (κ3) is 4.26. The van der Waals surface area contributed by atoms with Gasteiger partial charge in [-0.3, -0.25) is 9.59 Å². The first-order chi connectivity index (χ1) is 13.3. The Kier molecular flexibility index (Phi) is 5.86. The molecule has 1 aromatic heterocycles. The van der Waals surface area contributed by atoms with E-state index in [-0.39, 0.29) is 0 Å². The second-order valence-electron chi connectivity index (χ2n) is 6.52. The Bertz CT molecular complexity index is 992. The smallest absolute Gasteiger partial charge is 0.319 e. The van der Waals surface area contributed by atoms with Crippen LogP contribution in [0.25, 0.3) is 21.0 Å². The second-order valence-corrected chi connectivity index (χ2v) is 9.22. The number of aldehydes is 1. The number of thiazole rings is 1. The molecule has 1 N–H and O–H groups in total. The molecule has 5 nitrogen and oxygen atoms in total. The first kappa shape index (κ1) is 20.1. The first-order valence-electron chi connectivity index (χ1n) is 8.47. The lowest BCUT2D eigenvalue weighted by Gasteiger charge is -2.18. The lowest BCUT2D eigenvalue weighted by atomic mass is 10.1. The maximum atomic E-state index is 11.5. The number of aliphatic carboxylic acids is 1. The van der Waals surface area contributed by atoms with Crippen LogP contribution in [-0.4, -0.2) is 34.2 Å². The fourth-order valence-corrected chi connectivity index (χ4v) is 4.48. The number of carboxylic acids is 1. The van der Waals surface area contributed by atoms with E-state index < -0.39 is 10.7 Å². The van der Waals surface area contributed by atoms with Gasteiger partial charge in [-0.05, 0) is 55.8 Å². The van der Waals surface area contributed by atoms with Gasteiger partial charge in [-0.1, -0.05) is 12.1 Å². The zero-order valence-electron chi connectivity index (χ0n) is 15.6. The van der Waals surface area contributed by atoms with Crippen LogP contribution in [-0.2, 0) is 4.79 Å². The summed E-state index contributed by atoms with van der Waals surface area (Å²) in [5, 5.41) is 10.0. The molecule has 1 heterocycles. The topological polar surface area (TPSA) is 76.5 Å². The van der Waals surface area contributed by atoms with E-state index in [0.717, 1.165) is 37.9 Å². The summed E-state index contributed by atoms with van der Waals surface area (Å²) in [6.07, 6.45) is 0.763. The molecule has 144 valence electrons. The van der Waals surface area contributed by atoms with Gasteiger partial charge < -0.3 is 9.84 Å². The Morgan fingerprint density at radius 1 is 1.11 bits per heavy atom. The maximum Gasteiger partial charge on any atom is 0.319 e. The van der Waals surface area contributed by atoms with Crippen molar-refractivity contribution in [2.45, 2.75) is 23.5 Å². The van der Waals surface area contributed by atoms with Gasteiger partial charge in [-0.15, -0.1) is 23.1 Å². The van der Waals surface area contributed by atoms with Gasteiger partial charge >= 0.3 is 5.97 Å². The van der Waals surface area contributed by atoms with E-state index in [1.165, 1.54) is 23.1 Å². The molecule has 0 fully saturated rings. The molecule has 0 bridgehead atoms. The Morgan fingerprint density at radius 2 is 1.71 bits per heavy atom. The van der Waals surface area contributed by atoms with Crippen molar-refractivity contribution in [2.24, 2.45) is 0 Å². The molecule has 0 saturated heterocycles. The largest absolute Gasteiger partial charge is 0.497 e. The van der Waals surface area contributed by atoms with Crippen LogP contribution in [0.2, 0.25) is 0 Å². The SMILES string of the molecule is COc1ccc(-c2sc(-c3ccc(SC(C)(C)C(=O)O)cc3)nc2C=O)cc1. The summed E-state index contributed by atoms with van der Waals surface area (Å²) < 4.78 is 4.27. The van der Waals surface area contributed by atoms with Crippen LogP contribution in [0.3, 0.4) is 0 Å². The molecule has 0 aliphatic rings. The summed E-state index contributed by atoms with van der Waals surface area (Å²) in [5.74, 6) is -0.111.